The number of carboxylic acid groups (broad SMARTS) is 1. The van der Waals surface area contributed by atoms with E-state index in [9.17, 15) is 9.59 Å². The number of carbonyl (C=O) groups excluding carboxylic acids is 1. The first kappa shape index (κ1) is 12.6. The first-order valence-electron chi connectivity index (χ1n) is 6.12. The molecule has 2 rings (SSSR count). The maximum absolute atomic E-state index is 12.0. The van der Waals surface area contributed by atoms with Gasteiger partial charge in [-0.1, -0.05) is 0 Å². The van der Waals surface area contributed by atoms with Crippen LogP contribution in [-0.2, 0) is 0 Å². The van der Waals surface area contributed by atoms with E-state index >= 15 is 0 Å². The van der Waals surface area contributed by atoms with E-state index in [-0.39, 0.29) is 23.7 Å². The van der Waals surface area contributed by atoms with Gasteiger partial charge in [0.25, 0.3) is 5.91 Å². The van der Waals surface area contributed by atoms with Gasteiger partial charge in [-0.05, 0) is 33.1 Å². The molecule has 1 heterocycles. The van der Waals surface area contributed by atoms with E-state index in [4.69, 9.17) is 5.11 Å². The molecular weight excluding hydrogens is 234 g/mol. The van der Waals surface area contributed by atoms with Crippen LogP contribution in [0.1, 0.15) is 60.1 Å². The first-order valence-corrected chi connectivity index (χ1v) is 6.12. The summed E-state index contributed by atoms with van der Waals surface area (Å²) < 4.78 is 1.46. The number of hydrogen-bond donors (Lipinski definition) is 2. The van der Waals surface area contributed by atoms with Crippen LogP contribution < -0.4 is 5.32 Å². The summed E-state index contributed by atoms with van der Waals surface area (Å²) in [6, 6.07) is 1.50. The Bertz CT molecular complexity index is 475. The second-order valence-corrected chi connectivity index (χ2v) is 4.86. The third-order valence-electron chi connectivity index (χ3n) is 3.12. The average molecular weight is 251 g/mol. The van der Waals surface area contributed by atoms with Gasteiger partial charge in [0.1, 0.15) is 5.69 Å². The van der Waals surface area contributed by atoms with Crippen molar-refractivity contribution in [2.45, 2.75) is 45.2 Å². The Morgan fingerprint density at radius 2 is 2.17 bits per heavy atom. The van der Waals surface area contributed by atoms with Crippen molar-refractivity contribution in [3.63, 3.8) is 0 Å². The van der Waals surface area contributed by atoms with Crippen molar-refractivity contribution >= 4 is 11.9 Å². The number of amides is 1. The molecule has 1 aliphatic rings. The van der Waals surface area contributed by atoms with Gasteiger partial charge in [-0.2, -0.15) is 5.10 Å². The van der Waals surface area contributed by atoms with E-state index in [0.717, 1.165) is 19.3 Å². The average Bonchev–Trinajstić information content (AvgIpc) is 2.68. The summed E-state index contributed by atoms with van der Waals surface area (Å²) in [5, 5.41) is 15.7. The molecule has 2 N–H and O–H groups in total. The number of nitrogens with one attached hydrogen (secondary N) is 1. The van der Waals surface area contributed by atoms with Gasteiger partial charge in [0.15, 0.2) is 5.69 Å². The fraction of sp³-hybridized carbons (Fsp3) is 0.583. The molecule has 0 radical (unpaired) electrons. The highest BCUT2D eigenvalue weighted by molar-refractivity contribution is 5.95. The monoisotopic (exact) mass is 251 g/mol. The second-order valence-electron chi connectivity index (χ2n) is 4.86. The van der Waals surface area contributed by atoms with Crippen LogP contribution in [0.25, 0.3) is 0 Å². The molecule has 0 saturated heterocycles. The lowest BCUT2D eigenvalue weighted by Gasteiger charge is -2.26. The van der Waals surface area contributed by atoms with Crippen molar-refractivity contribution in [3.05, 3.63) is 17.5 Å². The van der Waals surface area contributed by atoms with Gasteiger partial charge in [0.2, 0.25) is 0 Å². The summed E-state index contributed by atoms with van der Waals surface area (Å²) in [5.41, 5.74) is 0.219. The van der Waals surface area contributed by atoms with Gasteiger partial charge in [0.05, 0.1) is 0 Å². The Kier molecular flexibility index (Phi) is 3.36. The molecule has 0 unspecified atom stereocenters. The van der Waals surface area contributed by atoms with Crippen LogP contribution in [0.4, 0.5) is 0 Å². The molecule has 1 aromatic rings. The Morgan fingerprint density at radius 3 is 2.61 bits per heavy atom. The number of aromatic carboxylic acids is 1. The number of rotatable bonds is 4. The lowest BCUT2D eigenvalue weighted by Crippen LogP contribution is -2.40. The van der Waals surface area contributed by atoms with Crippen molar-refractivity contribution in [1.82, 2.24) is 15.1 Å². The summed E-state index contributed by atoms with van der Waals surface area (Å²) in [4.78, 5) is 22.9. The van der Waals surface area contributed by atoms with Gasteiger partial charge >= 0.3 is 5.97 Å². The van der Waals surface area contributed by atoms with Crippen molar-refractivity contribution in [2.75, 3.05) is 0 Å². The maximum atomic E-state index is 12.0. The molecule has 0 atom stereocenters. The Labute approximate surface area is 105 Å². The summed E-state index contributed by atoms with van der Waals surface area (Å²) in [6.45, 7) is 3.72. The second kappa shape index (κ2) is 4.80. The molecular formula is C12H17N3O3. The minimum absolute atomic E-state index is 0.0553. The van der Waals surface area contributed by atoms with Crippen LogP contribution in [0.2, 0.25) is 0 Å². The Morgan fingerprint density at radius 1 is 1.50 bits per heavy atom. The summed E-state index contributed by atoms with van der Waals surface area (Å²) in [6.07, 6.45) is 3.12. The number of aromatic nitrogens is 2. The van der Waals surface area contributed by atoms with Gasteiger partial charge in [0, 0.05) is 18.2 Å². The van der Waals surface area contributed by atoms with Gasteiger partial charge in [-0.15, -0.1) is 0 Å². The molecule has 6 heteroatoms. The molecule has 0 spiro atoms. The molecule has 1 fully saturated rings. The highest BCUT2D eigenvalue weighted by atomic mass is 16.4. The van der Waals surface area contributed by atoms with E-state index in [1.807, 2.05) is 13.8 Å². The highest BCUT2D eigenvalue weighted by Gasteiger charge is 2.24. The smallest absolute Gasteiger partial charge is 0.356 e. The lowest BCUT2D eigenvalue weighted by molar-refractivity contribution is 0.0689. The molecule has 6 nitrogen and oxygen atoms in total. The SMILES string of the molecule is CC(C)n1nc(C(=O)O)cc1C(=O)NC1CCC1. The summed E-state index contributed by atoms with van der Waals surface area (Å²) in [7, 11) is 0. The number of carboxylic acids is 1. The number of nitrogens with zero attached hydrogens (tertiary/aromatic N) is 2. The normalized spacial score (nSPS) is 15.5. The topological polar surface area (TPSA) is 84.2 Å². The quantitative estimate of drug-likeness (QED) is 0.848. The van der Waals surface area contributed by atoms with E-state index < -0.39 is 5.97 Å². The van der Waals surface area contributed by atoms with E-state index in [0.29, 0.717) is 5.69 Å². The molecule has 1 amide bonds. The van der Waals surface area contributed by atoms with Gasteiger partial charge < -0.3 is 10.4 Å². The molecule has 0 bridgehead atoms. The van der Waals surface area contributed by atoms with Crippen LogP contribution in [-0.4, -0.2) is 32.8 Å². The van der Waals surface area contributed by atoms with E-state index in [1.54, 1.807) is 0 Å². The van der Waals surface area contributed by atoms with Crippen LogP contribution in [0.5, 0.6) is 0 Å². The zero-order chi connectivity index (χ0) is 13.3. The van der Waals surface area contributed by atoms with Crippen LogP contribution in [0.3, 0.4) is 0 Å². The van der Waals surface area contributed by atoms with E-state index in [2.05, 4.69) is 10.4 Å². The minimum atomic E-state index is -1.12. The van der Waals surface area contributed by atoms with Crippen molar-refractivity contribution in [3.8, 4) is 0 Å². The van der Waals surface area contributed by atoms with Crippen LogP contribution >= 0.6 is 0 Å². The fourth-order valence-corrected chi connectivity index (χ4v) is 1.87. The molecule has 18 heavy (non-hydrogen) atoms. The van der Waals surface area contributed by atoms with Crippen molar-refractivity contribution in [1.29, 1.82) is 0 Å². The molecule has 0 aromatic carbocycles. The largest absolute Gasteiger partial charge is 0.476 e. The zero-order valence-electron chi connectivity index (χ0n) is 10.5. The molecule has 0 aliphatic heterocycles. The fourth-order valence-electron chi connectivity index (χ4n) is 1.87. The standard InChI is InChI=1S/C12H17N3O3/c1-7(2)15-10(6-9(14-15)12(17)18)11(16)13-8-4-3-5-8/h6-8H,3-5H2,1-2H3,(H,13,16)(H,17,18). The molecule has 1 aromatic heterocycles. The van der Waals surface area contributed by atoms with E-state index in [1.165, 1.54) is 10.7 Å². The molecule has 98 valence electrons. The summed E-state index contributed by atoms with van der Waals surface area (Å²) >= 11 is 0. The highest BCUT2D eigenvalue weighted by Crippen LogP contribution is 2.19. The minimum Gasteiger partial charge on any atom is -0.476 e. The van der Waals surface area contributed by atoms with Gasteiger partial charge in [-0.3, -0.25) is 9.48 Å². The molecule has 1 saturated carbocycles. The maximum Gasteiger partial charge on any atom is 0.356 e. The number of carbonyl (C=O) groups is 2. The Balaban J connectivity index is 2.23. The van der Waals surface area contributed by atoms with Crippen molar-refractivity contribution < 1.29 is 14.7 Å². The first-order chi connectivity index (χ1) is 8.49. The third kappa shape index (κ3) is 2.37. The number of hydrogen-bond acceptors (Lipinski definition) is 3. The van der Waals surface area contributed by atoms with Crippen LogP contribution in [0.15, 0.2) is 6.07 Å². The lowest BCUT2D eigenvalue weighted by atomic mass is 9.93. The predicted molar refractivity (Wildman–Crippen MR) is 64.7 cm³/mol. The van der Waals surface area contributed by atoms with Crippen molar-refractivity contribution in [2.24, 2.45) is 0 Å². The summed E-state index contributed by atoms with van der Waals surface area (Å²) in [5.74, 6) is -1.36. The van der Waals surface area contributed by atoms with Gasteiger partial charge in [-0.25, -0.2) is 4.79 Å². The predicted octanol–water partition coefficient (Wildman–Crippen LogP) is 1.44. The Hall–Kier alpha value is -1.85. The third-order valence-corrected chi connectivity index (χ3v) is 3.12. The molecule has 1 aliphatic carbocycles. The van der Waals surface area contributed by atoms with Crippen LogP contribution in [0, 0.1) is 0 Å². The zero-order valence-corrected chi connectivity index (χ0v) is 10.5.